The van der Waals surface area contributed by atoms with Crippen molar-refractivity contribution in [1.29, 1.82) is 0 Å². The number of sulfonamides is 1. The molecule has 0 N–H and O–H groups in total. The molecule has 0 aliphatic heterocycles. The molecule has 2 aromatic rings. The summed E-state index contributed by atoms with van der Waals surface area (Å²) in [5.74, 6) is -0.225. The van der Waals surface area contributed by atoms with Crippen molar-refractivity contribution in [1.82, 2.24) is 4.90 Å². The zero-order valence-electron chi connectivity index (χ0n) is 16.0. The number of nitrogens with zero attached hydrogens (tertiary/aromatic N) is 2. The molecule has 0 atom stereocenters. The Balaban J connectivity index is 2.37. The van der Waals surface area contributed by atoms with Gasteiger partial charge < -0.3 is 4.90 Å². The van der Waals surface area contributed by atoms with Crippen molar-refractivity contribution in [3.63, 3.8) is 0 Å². The van der Waals surface area contributed by atoms with E-state index >= 15 is 0 Å². The van der Waals surface area contributed by atoms with Crippen LogP contribution >= 0.6 is 0 Å². The molecule has 0 aliphatic carbocycles. The molecule has 2 rings (SSSR count). The van der Waals surface area contributed by atoms with Gasteiger partial charge >= 0.3 is 0 Å². The van der Waals surface area contributed by atoms with Crippen molar-refractivity contribution in [3.8, 4) is 0 Å². The highest BCUT2D eigenvalue weighted by atomic mass is 32.2. The Morgan fingerprint density at radius 1 is 0.963 bits per heavy atom. The molecule has 144 valence electrons. The Morgan fingerprint density at radius 3 is 2.11 bits per heavy atom. The van der Waals surface area contributed by atoms with Gasteiger partial charge in [-0.05, 0) is 44.5 Å². The zero-order chi connectivity index (χ0) is 19.9. The Kier molecular flexibility index (Phi) is 7.19. The van der Waals surface area contributed by atoms with E-state index in [0.29, 0.717) is 18.8 Å². The molecule has 0 spiro atoms. The number of aryl methyl sites for hydroxylation is 1. The SMILES string of the molecule is CCN(CC)C(=O)CN(c1ccc(C)cc1)S(=O)(=O)C=Cc1ccccc1. The Bertz CT molecular complexity index is 871. The predicted molar refractivity (Wildman–Crippen MR) is 111 cm³/mol. The van der Waals surface area contributed by atoms with Crippen molar-refractivity contribution < 1.29 is 13.2 Å². The van der Waals surface area contributed by atoms with E-state index in [1.165, 1.54) is 0 Å². The van der Waals surface area contributed by atoms with Crippen LogP contribution in [0.4, 0.5) is 5.69 Å². The molecule has 1 amide bonds. The number of benzene rings is 2. The van der Waals surface area contributed by atoms with Crippen LogP contribution in [0, 0.1) is 6.92 Å². The maximum absolute atomic E-state index is 13.0. The summed E-state index contributed by atoms with van der Waals surface area (Å²) in [6.45, 7) is 6.53. The third kappa shape index (κ3) is 5.69. The van der Waals surface area contributed by atoms with Gasteiger partial charge in [-0.2, -0.15) is 0 Å². The van der Waals surface area contributed by atoms with E-state index in [-0.39, 0.29) is 12.5 Å². The van der Waals surface area contributed by atoms with Crippen LogP contribution in [0.25, 0.3) is 6.08 Å². The first-order valence-corrected chi connectivity index (χ1v) is 10.5. The molecule has 5 nitrogen and oxygen atoms in total. The maximum Gasteiger partial charge on any atom is 0.257 e. The largest absolute Gasteiger partial charge is 0.342 e. The fourth-order valence-electron chi connectivity index (χ4n) is 2.64. The molecule has 0 bridgehead atoms. The second-order valence-electron chi connectivity index (χ2n) is 6.17. The van der Waals surface area contributed by atoms with Crippen LogP contribution in [-0.4, -0.2) is 38.9 Å². The minimum Gasteiger partial charge on any atom is -0.342 e. The summed E-state index contributed by atoms with van der Waals surface area (Å²) in [7, 11) is -3.83. The first-order valence-electron chi connectivity index (χ1n) is 8.97. The van der Waals surface area contributed by atoms with Gasteiger partial charge in [-0.25, -0.2) is 8.42 Å². The molecule has 0 radical (unpaired) electrons. The van der Waals surface area contributed by atoms with Gasteiger partial charge in [0.25, 0.3) is 10.0 Å². The second kappa shape index (κ2) is 9.37. The Hall–Kier alpha value is -2.60. The van der Waals surface area contributed by atoms with Gasteiger partial charge in [-0.3, -0.25) is 9.10 Å². The molecule has 0 aromatic heterocycles. The maximum atomic E-state index is 13.0. The van der Waals surface area contributed by atoms with Gasteiger partial charge in [0.2, 0.25) is 5.91 Å². The molecule has 6 heteroatoms. The third-order valence-electron chi connectivity index (χ3n) is 4.26. The number of hydrogen-bond acceptors (Lipinski definition) is 3. The number of carbonyl (C=O) groups is 1. The van der Waals surface area contributed by atoms with E-state index in [9.17, 15) is 13.2 Å². The fourth-order valence-corrected chi connectivity index (χ4v) is 3.82. The van der Waals surface area contributed by atoms with Crippen LogP contribution in [0.15, 0.2) is 60.0 Å². The molecular weight excluding hydrogens is 360 g/mol. The first-order chi connectivity index (χ1) is 12.9. The monoisotopic (exact) mass is 386 g/mol. The van der Waals surface area contributed by atoms with Crippen LogP contribution < -0.4 is 4.31 Å². The normalized spacial score (nSPS) is 11.5. The van der Waals surface area contributed by atoms with Gasteiger partial charge in [-0.15, -0.1) is 0 Å². The summed E-state index contributed by atoms with van der Waals surface area (Å²) in [5, 5.41) is 1.15. The summed E-state index contributed by atoms with van der Waals surface area (Å²) >= 11 is 0. The lowest BCUT2D eigenvalue weighted by atomic mass is 10.2. The van der Waals surface area contributed by atoms with E-state index in [1.54, 1.807) is 23.1 Å². The summed E-state index contributed by atoms with van der Waals surface area (Å²) in [4.78, 5) is 14.2. The van der Waals surface area contributed by atoms with Crippen LogP contribution in [0.3, 0.4) is 0 Å². The standard InChI is InChI=1S/C21H26N2O3S/c1-4-22(5-2)21(24)17-23(20-13-11-18(3)12-14-20)27(25,26)16-15-19-9-7-6-8-10-19/h6-16H,4-5,17H2,1-3H3. The summed E-state index contributed by atoms with van der Waals surface area (Å²) in [5.41, 5.74) is 2.27. The molecule has 0 saturated heterocycles. The van der Waals surface area contributed by atoms with Crippen molar-refractivity contribution in [3.05, 3.63) is 71.1 Å². The molecule has 27 heavy (non-hydrogen) atoms. The quantitative estimate of drug-likeness (QED) is 0.695. The number of likely N-dealkylation sites (N-methyl/N-ethyl adjacent to an activating group) is 1. The lowest BCUT2D eigenvalue weighted by Gasteiger charge is -2.26. The van der Waals surface area contributed by atoms with Crippen LogP contribution in [0.5, 0.6) is 0 Å². The highest BCUT2D eigenvalue weighted by Crippen LogP contribution is 2.21. The minimum atomic E-state index is -3.83. The summed E-state index contributed by atoms with van der Waals surface area (Å²) in [6.07, 6.45) is 1.54. The van der Waals surface area contributed by atoms with E-state index in [4.69, 9.17) is 0 Å². The summed E-state index contributed by atoms with van der Waals surface area (Å²) in [6, 6.07) is 16.3. The Morgan fingerprint density at radius 2 is 1.56 bits per heavy atom. The highest BCUT2D eigenvalue weighted by Gasteiger charge is 2.24. The molecule has 0 unspecified atom stereocenters. The highest BCUT2D eigenvalue weighted by molar-refractivity contribution is 7.95. The number of amides is 1. The second-order valence-corrected chi connectivity index (χ2v) is 7.91. The molecule has 0 fully saturated rings. The van der Waals surface area contributed by atoms with Gasteiger partial charge in [0.1, 0.15) is 6.54 Å². The van der Waals surface area contributed by atoms with E-state index in [0.717, 1.165) is 20.8 Å². The molecule has 0 heterocycles. The van der Waals surface area contributed by atoms with Gasteiger partial charge in [0.15, 0.2) is 0 Å². The van der Waals surface area contributed by atoms with Crippen LogP contribution in [0.2, 0.25) is 0 Å². The van der Waals surface area contributed by atoms with E-state index in [1.807, 2.05) is 63.2 Å². The lowest BCUT2D eigenvalue weighted by Crippen LogP contribution is -2.42. The fraction of sp³-hybridized carbons (Fsp3) is 0.286. The van der Waals surface area contributed by atoms with E-state index < -0.39 is 10.0 Å². The van der Waals surface area contributed by atoms with Crippen molar-refractivity contribution in [2.75, 3.05) is 23.9 Å². The van der Waals surface area contributed by atoms with Crippen LogP contribution in [0.1, 0.15) is 25.0 Å². The smallest absolute Gasteiger partial charge is 0.257 e. The predicted octanol–water partition coefficient (Wildman–Crippen LogP) is 3.67. The molecular formula is C21H26N2O3S. The van der Waals surface area contributed by atoms with Crippen LogP contribution in [-0.2, 0) is 14.8 Å². The Labute approximate surface area is 162 Å². The van der Waals surface area contributed by atoms with Crippen molar-refractivity contribution in [2.24, 2.45) is 0 Å². The van der Waals surface area contributed by atoms with Crippen molar-refractivity contribution in [2.45, 2.75) is 20.8 Å². The van der Waals surface area contributed by atoms with Gasteiger partial charge in [0.05, 0.1) is 11.1 Å². The number of carbonyl (C=O) groups excluding carboxylic acids is 1. The first kappa shape index (κ1) is 20.7. The average molecular weight is 387 g/mol. The van der Waals surface area contributed by atoms with Gasteiger partial charge in [0, 0.05) is 13.1 Å². The number of rotatable bonds is 8. The van der Waals surface area contributed by atoms with Crippen molar-refractivity contribution >= 4 is 27.7 Å². The third-order valence-corrected chi connectivity index (χ3v) is 5.69. The lowest BCUT2D eigenvalue weighted by molar-refractivity contribution is -0.129. The zero-order valence-corrected chi connectivity index (χ0v) is 16.8. The average Bonchev–Trinajstić information content (AvgIpc) is 2.67. The topological polar surface area (TPSA) is 57.7 Å². The van der Waals surface area contributed by atoms with Gasteiger partial charge in [-0.1, -0.05) is 48.0 Å². The van der Waals surface area contributed by atoms with E-state index in [2.05, 4.69) is 0 Å². The molecule has 0 aliphatic rings. The minimum absolute atomic E-state index is 0.225. The molecule has 0 saturated carbocycles. The summed E-state index contributed by atoms with van der Waals surface area (Å²) < 4.78 is 27.1. The number of hydrogen-bond donors (Lipinski definition) is 0. The molecule has 2 aromatic carbocycles. The number of anilines is 1.